The molecule has 1 aromatic carbocycles. The number of nitrogens with zero attached hydrogens (tertiary/aromatic N) is 3. The highest BCUT2D eigenvalue weighted by atomic mass is 15.2. The monoisotopic (exact) mass is 268 g/mol. The summed E-state index contributed by atoms with van der Waals surface area (Å²) in [5.74, 6) is 1.70. The second kappa shape index (κ2) is 5.49. The van der Waals surface area contributed by atoms with E-state index in [2.05, 4.69) is 58.3 Å². The summed E-state index contributed by atoms with van der Waals surface area (Å²) in [5, 5.41) is 3.17. The number of benzene rings is 1. The van der Waals surface area contributed by atoms with Crippen molar-refractivity contribution < 1.29 is 0 Å². The molecule has 0 fully saturated rings. The minimum atomic E-state index is 0.351. The number of hydrogen-bond acceptors (Lipinski definition) is 4. The van der Waals surface area contributed by atoms with Crippen molar-refractivity contribution in [1.82, 2.24) is 9.97 Å². The van der Waals surface area contributed by atoms with Crippen LogP contribution >= 0.6 is 0 Å². The fraction of sp³-hybridized carbons (Fsp3) is 0.375. The molecular weight excluding hydrogens is 248 g/mol. The van der Waals surface area contributed by atoms with Crippen molar-refractivity contribution in [2.45, 2.75) is 26.3 Å². The van der Waals surface area contributed by atoms with Crippen LogP contribution in [0.3, 0.4) is 0 Å². The molecule has 20 heavy (non-hydrogen) atoms. The lowest BCUT2D eigenvalue weighted by atomic mass is 9.94. The molecule has 0 aliphatic carbocycles. The van der Waals surface area contributed by atoms with Crippen LogP contribution in [-0.2, 0) is 6.42 Å². The third kappa shape index (κ3) is 2.33. The number of fused-ring (bicyclic) bond motifs is 1. The molecular formula is C16H20N4. The summed E-state index contributed by atoms with van der Waals surface area (Å²) in [6.07, 6.45) is 2.90. The second-order valence-electron chi connectivity index (χ2n) is 5.09. The lowest BCUT2D eigenvalue weighted by Gasteiger charge is -2.36. The van der Waals surface area contributed by atoms with E-state index < -0.39 is 0 Å². The molecule has 104 valence electrons. The number of hydrogen-bond donors (Lipinski definition) is 1. The summed E-state index contributed by atoms with van der Waals surface area (Å²) in [6, 6.07) is 11.0. The average molecular weight is 268 g/mol. The van der Waals surface area contributed by atoms with Crippen molar-refractivity contribution in [1.29, 1.82) is 0 Å². The van der Waals surface area contributed by atoms with Crippen molar-refractivity contribution in [3.63, 3.8) is 0 Å². The van der Waals surface area contributed by atoms with Gasteiger partial charge in [-0.15, -0.1) is 0 Å². The number of anilines is 2. The van der Waals surface area contributed by atoms with Crippen LogP contribution in [0.25, 0.3) is 0 Å². The van der Waals surface area contributed by atoms with Gasteiger partial charge in [0.05, 0.1) is 6.04 Å². The standard InChI is InChI=1S/C16H20N4/c1-3-17-16-18-10-8-15(19-16)20-11-9-13-6-4-5-7-14(13)12(20)2/h4-8,10,12H,3,9,11H2,1-2H3,(H,17,18,19)/t12-/m0/s1. The van der Waals surface area contributed by atoms with Crippen LogP contribution in [0.5, 0.6) is 0 Å². The van der Waals surface area contributed by atoms with Crippen LogP contribution in [-0.4, -0.2) is 23.1 Å². The fourth-order valence-electron chi connectivity index (χ4n) is 2.84. The van der Waals surface area contributed by atoms with Gasteiger partial charge in [-0.3, -0.25) is 0 Å². The minimum Gasteiger partial charge on any atom is -0.354 e. The predicted octanol–water partition coefficient (Wildman–Crippen LogP) is 3.03. The Bertz CT molecular complexity index is 597. The quantitative estimate of drug-likeness (QED) is 0.929. The van der Waals surface area contributed by atoms with Gasteiger partial charge in [0.15, 0.2) is 0 Å². The maximum Gasteiger partial charge on any atom is 0.224 e. The molecule has 3 rings (SSSR count). The summed E-state index contributed by atoms with van der Waals surface area (Å²) >= 11 is 0. The Kier molecular flexibility index (Phi) is 3.54. The Morgan fingerprint density at radius 1 is 1.30 bits per heavy atom. The molecule has 4 heteroatoms. The van der Waals surface area contributed by atoms with Gasteiger partial charge >= 0.3 is 0 Å². The molecule has 4 nitrogen and oxygen atoms in total. The summed E-state index contributed by atoms with van der Waals surface area (Å²) in [4.78, 5) is 11.2. The van der Waals surface area contributed by atoms with Gasteiger partial charge < -0.3 is 10.2 Å². The van der Waals surface area contributed by atoms with E-state index in [0.29, 0.717) is 12.0 Å². The smallest absolute Gasteiger partial charge is 0.224 e. The SMILES string of the molecule is CCNc1nccc(N2CCc3ccccc3[C@@H]2C)n1. The summed E-state index contributed by atoms with van der Waals surface area (Å²) in [5.41, 5.74) is 2.86. The van der Waals surface area contributed by atoms with Gasteiger partial charge in [-0.25, -0.2) is 4.98 Å². The molecule has 0 amide bonds. The van der Waals surface area contributed by atoms with Gasteiger partial charge in [0, 0.05) is 19.3 Å². The van der Waals surface area contributed by atoms with Gasteiger partial charge in [-0.05, 0) is 37.5 Å². The molecule has 1 aliphatic heterocycles. The van der Waals surface area contributed by atoms with Crippen molar-refractivity contribution in [2.75, 3.05) is 23.3 Å². The molecule has 0 radical (unpaired) electrons. The first-order chi connectivity index (χ1) is 9.79. The first-order valence-corrected chi connectivity index (χ1v) is 7.21. The van der Waals surface area contributed by atoms with E-state index in [-0.39, 0.29) is 0 Å². The van der Waals surface area contributed by atoms with Crippen molar-refractivity contribution >= 4 is 11.8 Å². The van der Waals surface area contributed by atoms with Crippen LogP contribution in [0.4, 0.5) is 11.8 Å². The van der Waals surface area contributed by atoms with E-state index in [0.717, 1.165) is 25.3 Å². The molecule has 0 saturated heterocycles. The third-order valence-corrected chi connectivity index (χ3v) is 3.86. The largest absolute Gasteiger partial charge is 0.354 e. The summed E-state index contributed by atoms with van der Waals surface area (Å²) < 4.78 is 0. The van der Waals surface area contributed by atoms with Crippen LogP contribution in [0, 0.1) is 0 Å². The maximum atomic E-state index is 4.61. The van der Waals surface area contributed by atoms with E-state index in [4.69, 9.17) is 0 Å². The number of nitrogens with one attached hydrogen (secondary N) is 1. The summed E-state index contributed by atoms with van der Waals surface area (Å²) in [6.45, 7) is 6.13. The molecule has 0 saturated carbocycles. The highest BCUT2D eigenvalue weighted by molar-refractivity contribution is 5.48. The van der Waals surface area contributed by atoms with Crippen LogP contribution in [0.15, 0.2) is 36.5 Å². The highest BCUT2D eigenvalue weighted by Gasteiger charge is 2.24. The number of aromatic nitrogens is 2. The molecule has 0 bridgehead atoms. The molecule has 1 atom stereocenters. The zero-order valence-corrected chi connectivity index (χ0v) is 12.0. The molecule has 2 heterocycles. The number of rotatable bonds is 3. The first-order valence-electron chi connectivity index (χ1n) is 7.21. The van der Waals surface area contributed by atoms with Gasteiger partial charge in [0.1, 0.15) is 5.82 Å². The van der Waals surface area contributed by atoms with Crippen LogP contribution < -0.4 is 10.2 Å². The van der Waals surface area contributed by atoms with Crippen molar-refractivity contribution in [3.05, 3.63) is 47.7 Å². The lowest BCUT2D eigenvalue weighted by molar-refractivity contribution is 0.616. The molecule has 0 spiro atoms. The molecule has 1 N–H and O–H groups in total. The van der Waals surface area contributed by atoms with Crippen molar-refractivity contribution in [3.8, 4) is 0 Å². The fourth-order valence-corrected chi connectivity index (χ4v) is 2.84. The van der Waals surface area contributed by atoms with E-state index >= 15 is 0 Å². The Hall–Kier alpha value is -2.10. The normalized spacial score (nSPS) is 17.7. The lowest BCUT2D eigenvalue weighted by Crippen LogP contribution is -2.34. The minimum absolute atomic E-state index is 0.351. The second-order valence-corrected chi connectivity index (χ2v) is 5.09. The highest BCUT2D eigenvalue weighted by Crippen LogP contribution is 2.32. The zero-order valence-electron chi connectivity index (χ0n) is 12.0. The van der Waals surface area contributed by atoms with E-state index in [1.54, 1.807) is 0 Å². The van der Waals surface area contributed by atoms with Gasteiger partial charge in [0.2, 0.25) is 5.95 Å². The van der Waals surface area contributed by atoms with E-state index in [9.17, 15) is 0 Å². The summed E-state index contributed by atoms with van der Waals surface area (Å²) in [7, 11) is 0. The van der Waals surface area contributed by atoms with Crippen molar-refractivity contribution in [2.24, 2.45) is 0 Å². The van der Waals surface area contributed by atoms with E-state index in [1.165, 1.54) is 11.1 Å². The maximum absolute atomic E-state index is 4.61. The van der Waals surface area contributed by atoms with Gasteiger partial charge in [-0.1, -0.05) is 24.3 Å². The average Bonchev–Trinajstić information content (AvgIpc) is 2.48. The Morgan fingerprint density at radius 2 is 2.15 bits per heavy atom. The Morgan fingerprint density at radius 3 is 3.00 bits per heavy atom. The molecule has 2 aromatic rings. The molecule has 1 aromatic heterocycles. The molecule has 1 aliphatic rings. The van der Waals surface area contributed by atoms with Crippen LogP contribution in [0.2, 0.25) is 0 Å². The zero-order chi connectivity index (χ0) is 13.9. The Balaban J connectivity index is 1.90. The van der Waals surface area contributed by atoms with Gasteiger partial charge in [0.25, 0.3) is 0 Å². The Labute approximate surface area is 119 Å². The first kappa shape index (κ1) is 12.9. The topological polar surface area (TPSA) is 41.1 Å². The third-order valence-electron chi connectivity index (χ3n) is 3.86. The van der Waals surface area contributed by atoms with E-state index in [1.807, 2.05) is 12.3 Å². The molecule has 0 unspecified atom stereocenters. The predicted molar refractivity (Wildman–Crippen MR) is 82.1 cm³/mol. The van der Waals surface area contributed by atoms with Crippen LogP contribution in [0.1, 0.15) is 31.0 Å². The van der Waals surface area contributed by atoms with Gasteiger partial charge in [-0.2, -0.15) is 4.98 Å².